The number of fused-ring (bicyclic) bond motifs is 1. The van der Waals surface area contributed by atoms with Gasteiger partial charge in [-0.25, -0.2) is 4.79 Å². The van der Waals surface area contributed by atoms with Gasteiger partial charge in [0.2, 0.25) is 5.91 Å². The molecule has 1 heterocycles. The summed E-state index contributed by atoms with van der Waals surface area (Å²) >= 11 is 0. The molecule has 0 aliphatic heterocycles. The van der Waals surface area contributed by atoms with E-state index in [1.54, 1.807) is 25.1 Å². The summed E-state index contributed by atoms with van der Waals surface area (Å²) in [6.07, 6.45) is 0. The van der Waals surface area contributed by atoms with Crippen LogP contribution in [0.5, 0.6) is 0 Å². The van der Waals surface area contributed by atoms with E-state index >= 15 is 0 Å². The summed E-state index contributed by atoms with van der Waals surface area (Å²) in [6.45, 7) is 1.59. The average molecular weight is 221 g/mol. The SMILES string of the molecule is C[C@H](N)C(=O)Nc1ccc2oc(=O)[nH]c2c1. The minimum Gasteiger partial charge on any atom is -0.408 e. The molecule has 16 heavy (non-hydrogen) atoms. The number of anilines is 1. The number of oxazole rings is 1. The lowest BCUT2D eigenvalue weighted by atomic mass is 10.2. The first-order chi connectivity index (χ1) is 7.56. The van der Waals surface area contributed by atoms with Crippen molar-refractivity contribution < 1.29 is 9.21 Å². The van der Waals surface area contributed by atoms with E-state index in [-0.39, 0.29) is 5.91 Å². The summed E-state index contributed by atoms with van der Waals surface area (Å²) < 4.78 is 4.83. The first-order valence-corrected chi connectivity index (χ1v) is 4.75. The maximum absolute atomic E-state index is 11.3. The number of carbonyl (C=O) groups is 1. The van der Waals surface area contributed by atoms with Crippen LogP contribution < -0.4 is 16.8 Å². The summed E-state index contributed by atoms with van der Waals surface area (Å²) in [4.78, 5) is 24.7. The van der Waals surface area contributed by atoms with Crippen LogP contribution in [0.2, 0.25) is 0 Å². The molecule has 0 aliphatic carbocycles. The van der Waals surface area contributed by atoms with Crippen LogP contribution in [-0.4, -0.2) is 16.9 Å². The summed E-state index contributed by atoms with van der Waals surface area (Å²) in [6, 6.07) is 4.27. The molecule has 0 saturated heterocycles. The van der Waals surface area contributed by atoms with E-state index in [0.29, 0.717) is 16.8 Å². The second-order valence-electron chi connectivity index (χ2n) is 3.50. The Bertz CT molecular complexity index is 582. The van der Waals surface area contributed by atoms with Gasteiger partial charge in [-0.2, -0.15) is 0 Å². The Morgan fingerprint density at radius 2 is 2.31 bits per heavy atom. The molecule has 0 unspecified atom stereocenters. The van der Waals surface area contributed by atoms with E-state index in [0.717, 1.165) is 0 Å². The Labute approximate surface area is 90.4 Å². The lowest BCUT2D eigenvalue weighted by Crippen LogP contribution is -2.32. The fourth-order valence-corrected chi connectivity index (χ4v) is 1.29. The molecule has 6 nitrogen and oxygen atoms in total. The minimum atomic E-state index is -0.584. The van der Waals surface area contributed by atoms with Gasteiger partial charge in [-0.05, 0) is 25.1 Å². The van der Waals surface area contributed by atoms with Crippen molar-refractivity contribution in [2.75, 3.05) is 5.32 Å². The van der Waals surface area contributed by atoms with Crippen molar-refractivity contribution in [2.45, 2.75) is 13.0 Å². The monoisotopic (exact) mass is 221 g/mol. The van der Waals surface area contributed by atoms with Crippen LogP contribution in [0.15, 0.2) is 27.4 Å². The van der Waals surface area contributed by atoms with Crippen molar-refractivity contribution in [3.05, 3.63) is 28.7 Å². The first-order valence-electron chi connectivity index (χ1n) is 4.75. The van der Waals surface area contributed by atoms with E-state index in [9.17, 15) is 9.59 Å². The molecule has 0 fully saturated rings. The van der Waals surface area contributed by atoms with Crippen molar-refractivity contribution in [1.82, 2.24) is 4.98 Å². The molecule has 4 N–H and O–H groups in total. The smallest absolute Gasteiger partial charge is 0.408 e. The van der Waals surface area contributed by atoms with Crippen LogP contribution in [0.1, 0.15) is 6.92 Å². The summed E-state index contributed by atoms with van der Waals surface area (Å²) in [5.74, 6) is -0.809. The lowest BCUT2D eigenvalue weighted by molar-refractivity contribution is -0.117. The molecule has 0 radical (unpaired) electrons. The predicted octanol–water partition coefficient (Wildman–Crippen LogP) is 0.407. The number of amides is 1. The summed E-state index contributed by atoms with van der Waals surface area (Å²) in [5.41, 5.74) is 6.96. The molecule has 2 aromatic rings. The molecule has 0 saturated carbocycles. The number of hydrogen-bond acceptors (Lipinski definition) is 4. The molecule has 1 amide bonds. The summed E-state index contributed by atoms with van der Waals surface area (Å²) in [5, 5.41) is 2.62. The third-order valence-electron chi connectivity index (χ3n) is 2.10. The maximum Gasteiger partial charge on any atom is 0.417 e. The number of nitrogens with one attached hydrogen (secondary N) is 2. The van der Waals surface area contributed by atoms with Gasteiger partial charge >= 0.3 is 5.76 Å². The third-order valence-corrected chi connectivity index (χ3v) is 2.10. The third kappa shape index (κ3) is 1.96. The Balaban J connectivity index is 2.32. The van der Waals surface area contributed by atoms with Gasteiger partial charge in [0, 0.05) is 5.69 Å². The molecule has 0 bridgehead atoms. The number of aromatic nitrogens is 1. The zero-order chi connectivity index (χ0) is 11.7. The number of benzene rings is 1. The lowest BCUT2D eigenvalue weighted by Gasteiger charge is -2.06. The van der Waals surface area contributed by atoms with Gasteiger partial charge in [0.25, 0.3) is 0 Å². The minimum absolute atomic E-state index is 0.287. The van der Waals surface area contributed by atoms with Crippen LogP contribution in [0.4, 0.5) is 5.69 Å². The van der Waals surface area contributed by atoms with Crippen molar-refractivity contribution in [3.8, 4) is 0 Å². The number of carbonyl (C=O) groups excluding carboxylic acids is 1. The molecular weight excluding hydrogens is 210 g/mol. The number of aromatic amines is 1. The van der Waals surface area contributed by atoms with Gasteiger partial charge in [-0.15, -0.1) is 0 Å². The van der Waals surface area contributed by atoms with Crippen LogP contribution in [0.3, 0.4) is 0 Å². The van der Waals surface area contributed by atoms with Crippen LogP contribution in [0, 0.1) is 0 Å². The number of rotatable bonds is 2. The topological polar surface area (TPSA) is 101 Å². The molecule has 2 rings (SSSR count). The highest BCUT2D eigenvalue weighted by Gasteiger charge is 2.08. The van der Waals surface area contributed by atoms with Gasteiger partial charge in [0.1, 0.15) is 0 Å². The van der Waals surface area contributed by atoms with Crippen molar-refractivity contribution >= 4 is 22.7 Å². The van der Waals surface area contributed by atoms with Gasteiger partial charge in [0.15, 0.2) is 5.58 Å². The second kappa shape index (κ2) is 3.82. The van der Waals surface area contributed by atoms with Crippen LogP contribution in [0.25, 0.3) is 11.1 Å². The largest absolute Gasteiger partial charge is 0.417 e. The molecule has 0 aliphatic rings. The molecule has 1 atom stereocenters. The average Bonchev–Trinajstić information content (AvgIpc) is 2.57. The highest BCUT2D eigenvalue weighted by Crippen LogP contribution is 2.15. The van der Waals surface area contributed by atoms with Crippen molar-refractivity contribution in [3.63, 3.8) is 0 Å². The molecular formula is C10H11N3O3. The van der Waals surface area contributed by atoms with Crippen molar-refractivity contribution in [1.29, 1.82) is 0 Å². The van der Waals surface area contributed by atoms with Crippen molar-refractivity contribution in [2.24, 2.45) is 5.73 Å². The van der Waals surface area contributed by atoms with Gasteiger partial charge in [-0.3, -0.25) is 9.78 Å². The normalized spacial score (nSPS) is 12.6. The van der Waals surface area contributed by atoms with E-state index in [2.05, 4.69) is 10.3 Å². The fourth-order valence-electron chi connectivity index (χ4n) is 1.29. The first kappa shape index (κ1) is 10.4. The second-order valence-corrected chi connectivity index (χ2v) is 3.50. The Hall–Kier alpha value is -2.08. The van der Waals surface area contributed by atoms with Gasteiger partial charge in [0.05, 0.1) is 11.6 Å². The number of nitrogens with two attached hydrogens (primary N) is 1. The molecule has 1 aromatic carbocycles. The Morgan fingerprint density at radius 1 is 1.56 bits per heavy atom. The maximum atomic E-state index is 11.3. The Kier molecular flexibility index (Phi) is 2.49. The molecule has 6 heteroatoms. The number of H-pyrrole nitrogens is 1. The van der Waals surface area contributed by atoms with E-state index < -0.39 is 11.8 Å². The quantitative estimate of drug-likeness (QED) is 0.683. The van der Waals surface area contributed by atoms with Crippen LogP contribution in [-0.2, 0) is 4.79 Å². The molecule has 0 spiro atoms. The zero-order valence-corrected chi connectivity index (χ0v) is 8.61. The fraction of sp³-hybridized carbons (Fsp3) is 0.200. The standard InChI is InChI=1S/C10H11N3O3/c1-5(11)9(14)12-6-2-3-8-7(4-6)13-10(15)16-8/h2-5H,11H2,1H3,(H,12,14)(H,13,15)/t5-/m0/s1. The van der Waals surface area contributed by atoms with Gasteiger partial charge in [-0.1, -0.05) is 0 Å². The number of hydrogen-bond donors (Lipinski definition) is 3. The summed E-state index contributed by atoms with van der Waals surface area (Å²) in [7, 11) is 0. The van der Waals surface area contributed by atoms with Gasteiger partial charge < -0.3 is 15.5 Å². The van der Waals surface area contributed by atoms with Crippen LogP contribution >= 0.6 is 0 Å². The molecule has 84 valence electrons. The highest BCUT2D eigenvalue weighted by atomic mass is 16.4. The molecule has 1 aromatic heterocycles. The zero-order valence-electron chi connectivity index (χ0n) is 8.61. The Morgan fingerprint density at radius 3 is 3.00 bits per heavy atom. The van der Waals surface area contributed by atoms with E-state index in [1.165, 1.54) is 0 Å². The van der Waals surface area contributed by atoms with E-state index in [1.807, 2.05) is 0 Å². The van der Waals surface area contributed by atoms with E-state index in [4.69, 9.17) is 10.2 Å². The highest BCUT2D eigenvalue weighted by molar-refractivity contribution is 5.95. The predicted molar refractivity (Wildman–Crippen MR) is 59.1 cm³/mol.